The minimum absolute atomic E-state index is 0.00879. The number of benzene rings is 3. The third kappa shape index (κ3) is 29.3. The van der Waals surface area contributed by atoms with Crippen LogP contribution < -0.4 is 102 Å². The third-order valence-corrected chi connectivity index (χ3v) is 20.7. The van der Waals surface area contributed by atoms with Crippen molar-refractivity contribution in [2.45, 2.75) is 205 Å². The number of aromatic amines is 1. The predicted octanol–water partition coefficient (Wildman–Crippen LogP) is -2.64. The summed E-state index contributed by atoms with van der Waals surface area (Å²) >= 11 is 0. The molecule has 25 N–H and O–H groups in total. The summed E-state index contributed by atoms with van der Waals surface area (Å²) in [5, 5.41) is 52.7. The molecule has 1 aromatic heterocycles. The lowest BCUT2D eigenvalue weighted by Gasteiger charge is -2.29. The number of halogens is 1. The number of urea groups is 1. The number of rotatable bonds is 37. The number of nitrogens with two attached hydrogens (primary N) is 5. The van der Waals surface area contributed by atoms with Crippen LogP contribution in [0.25, 0.3) is 11.6 Å². The number of hydrogen-bond acceptors (Lipinski definition) is 24. The number of carbonyl (C=O) groups is 15. The number of anilines is 2. The fourth-order valence-electron chi connectivity index (χ4n) is 13.9. The molecule has 1 fully saturated rings. The summed E-state index contributed by atoms with van der Waals surface area (Å²) in [6, 6.07) is 1.79. The van der Waals surface area contributed by atoms with E-state index in [4.69, 9.17) is 33.4 Å². The van der Waals surface area contributed by atoms with Gasteiger partial charge in [0.1, 0.15) is 72.8 Å². The number of ether oxygens (including phenoxy) is 1. The number of aromatic nitrogens is 1. The summed E-state index contributed by atoms with van der Waals surface area (Å²) in [6.45, 7) is 14.0. The summed E-state index contributed by atoms with van der Waals surface area (Å²) in [4.78, 5) is 220. The van der Waals surface area contributed by atoms with Gasteiger partial charge in [-0.25, -0.2) is 14.1 Å². The Bertz CT molecular complexity index is 4390. The van der Waals surface area contributed by atoms with Crippen molar-refractivity contribution in [3.63, 3.8) is 0 Å². The number of esters is 1. The SMILES string of the molecule is CCN(CC)CCNC(=O)c1c(C)[nH]c(/C=C2\C(=O)N(C(=O)N(C)c3ccccc3COC(=O)CCCC(=O)N[C@@H](CCN)C(=O)N[C@H](C(=O)N[C@@H](CCN)C(=O)N[C@H]3CCNC(=O)[C@H]([C@@H](C)O)NC(=O)[C@H](CCN)NC(=O)[C@H](CCN)NC(=O)[C@H](CC(C)C)NC(=O)[C@@H](Cc4ccccc4)NC(=O)[C@H](CCN)NC3=O)[C@@H](C)O)c3ccc(F)cc32)c1C. The van der Waals surface area contributed by atoms with Crippen molar-refractivity contribution >= 4 is 112 Å². The first-order valence-electron chi connectivity index (χ1n) is 41.3. The van der Waals surface area contributed by atoms with Crippen molar-refractivity contribution in [2.24, 2.45) is 34.6 Å². The van der Waals surface area contributed by atoms with E-state index >= 15 is 4.39 Å². The van der Waals surface area contributed by atoms with E-state index < -0.39 is 174 Å². The number of nitrogens with one attached hydrogen (secondary N) is 13. The van der Waals surface area contributed by atoms with Gasteiger partial charge in [-0.05, 0) is 172 Å². The monoisotopic (exact) mass is 1720 g/mol. The molecule has 3 aromatic carbocycles. The van der Waals surface area contributed by atoms with Gasteiger partial charge in [0.15, 0.2) is 0 Å². The molecule has 0 aliphatic carbocycles. The topological polar surface area (TPSA) is 606 Å². The first-order valence-corrected chi connectivity index (χ1v) is 41.3. The summed E-state index contributed by atoms with van der Waals surface area (Å²) in [5.74, 6) is -13.6. The Labute approximate surface area is 713 Å². The number of hydrogen-bond donors (Lipinski definition) is 20. The lowest BCUT2D eigenvalue weighted by atomic mass is 10.00. The van der Waals surface area contributed by atoms with Crippen LogP contribution in [0.5, 0.6) is 0 Å². The van der Waals surface area contributed by atoms with Crippen molar-refractivity contribution in [3.05, 3.63) is 118 Å². The number of amides is 15. The number of imide groups is 1. The Kier molecular flexibility index (Phi) is 40.3. The molecule has 0 spiro atoms. The van der Waals surface area contributed by atoms with E-state index in [9.17, 15) is 82.1 Å². The Morgan fingerprint density at radius 1 is 0.650 bits per heavy atom. The first-order chi connectivity index (χ1) is 58.5. The smallest absolute Gasteiger partial charge is 0.335 e. The third-order valence-electron chi connectivity index (χ3n) is 20.7. The van der Waals surface area contributed by atoms with E-state index in [1.54, 1.807) is 82.3 Å². The molecule has 3 heterocycles. The predicted molar refractivity (Wildman–Crippen MR) is 454 cm³/mol. The van der Waals surface area contributed by atoms with Crippen LogP contribution in [0.1, 0.15) is 150 Å². The zero-order chi connectivity index (χ0) is 90.9. The van der Waals surface area contributed by atoms with E-state index in [1.165, 1.54) is 26.1 Å². The molecule has 15 amide bonds. The summed E-state index contributed by atoms with van der Waals surface area (Å²) < 4.78 is 20.6. The summed E-state index contributed by atoms with van der Waals surface area (Å²) in [7, 11) is 1.40. The molecular weight excluding hydrogens is 1600 g/mol. The van der Waals surface area contributed by atoms with E-state index in [-0.39, 0.29) is 138 Å². The molecule has 2 aliphatic rings. The molecular formula is C83H122FN21O18. The number of fused-ring (bicyclic) bond motifs is 1. The number of nitrogens with zero attached hydrogens (tertiary/aromatic N) is 3. The fraction of sp³-hybridized carbons (Fsp3) is 0.530. The van der Waals surface area contributed by atoms with Crippen molar-refractivity contribution < 1.29 is 91.3 Å². The quantitative estimate of drug-likeness (QED) is 0.0162. The number of likely N-dealkylation sites (N-methyl/N-ethyl adjacent to an activating group) is 1. The van der Waals surface area contributed by atoms with E-state index in [2.05, 4.69) is 73.7 Å². The standard InChI is InChI=1S/C83H122FN21O18/c1-10-104(11-2)39-38-91-79(118)68-46(5)61(92-47(68)6)43-54-53-42-52(84)24-25-65(53)105(82(54)121)83(122)103(9)64-21-16-15-20-51(64)44-123-67(109)23-17-22-66(108)93-55(26-32-85)75(114)102-70(49(8)107)81(120)98-58(29-35-88)72(111)97-60-31-37-90-80(119)69(48(7)106)101-76(115)59(30-36-89)95-71(110)56(27-33-86)96-77(116)62(40-45(3)4)99-78(117)63(41-50-18-13-12-14-19-50)100-73(112)57(28-34-87)94-74(60)113/h12-16,18-21,24-25,42-43,45,48-49,55-60,62-63,69-70,92,106-107H,10-11,17,22-23,26-41,44,85-89H2,1-9H3,(H,90,119)(H,91,118)(H,93,108)(H,94,113)(H,95,110)(H,96,116)(H,97,111)(H,98,120)(H,99,117)(H,100,112)(H,101,115)(H,102,114)/b54-43-/t48-,49-,55+,56+,57+,58+,59+,60+,62+,63-,69+,70+/m1/s1. The molecule has 39 nitrogen and oxygen atoms in total. The molecule has 674 valence electrons. The van der Waals surface area contributed by atoms with Gasteiger partial charge in [-0.1, -0.05) is 76.2 Å². The van der Waals surface area contributed by atoms with Crippen molar-refractivity contribution in [1.82, 2.24) is 73.7 Å². The minimum atomic E-state index is -1.87. The second kappa shape index (κ2) is 49.4. The summed E-state index contributed by atoms with van der Waals surface area (Å²) in [5.41, 5.74) is 32.7. The molecule has 6 rings (SSSR count). The van der Waals surface area contributed by atoms with Gasteiger partial charge in [0, 0.05) is 68.5 Å². The Morgan fingerprint density at radius 3 is 1.80 bits per heavy atom. The van der Waals surface area contributed by atoms with Crippen LogP contribution in [0.15, 0.2) is 72.8 Å². The molecule has 0 unspecified atom stereocenters. The molecule has 1 saturated heterocycles. The number of carbonyl (C=O) groups excluding carboxylic acids is 15. The maximum absolute atomic E-state index is 15.0. The highest BCUT2D eigenvalue weighted by Gasteiger charge is 2.42. The molecule has 0 saturated carbocycles. The van der Waals surface area contributed by atoms with Gasteiger partial charge in [-0.3, -0.25) is 72.0 Å². The maximum atomic E-state index is 15.0. The van der Waals surface area contributed by atoms with Gasteiger partial charge in [-0.15, -0.1) is 0 Å². The van der Waals surface area contributed by atoms with E-state index in [0.29, 0.717) is 46.7 Å². The van der Waals surface area contributed by atoms with Crippen LogP contribution in [-0.4, -0.2) is 254 Å². The second-order valence-corrected chi connectivity index (χ2v) is 30.6. The average molecular weight is 1720 g/mol. The van der Waals surface area contributed by atoms with Crippen molar-refractivity contribution in [1.29, 1.82) is 0 Å². The van der Waals surface area contributed by atoms with Crippen LogP contribution >= 0.6 is 0 Å². The highest BCUT2D eigenvalue weighted by Crippen LogP contribution is 2.40. The first kappa shape index (κ1) is 100. The highest BCUT2D eigenvalue weighted by molar-refractivity contribution is 6.43. The number of aliphatic hydroxyl groups is 2. The number of aryl methyl sites for hydroxylation is 1. The van der Waals surface area contributed by atoms with Gasteiger partial charge in [-0.2, -0.15) is 0 Å². The molecule has 123 heavy (non-hydrogen) atoms. The largest absolute Gasteiger partial charge is 0.461 e. The highest BCUT2D eigenvalue weighted by atomic mass is 19.1. The van der Waals surface area contributed by atoms with Crippen molar-refractivity contribution in [2.75, 3.05) is 82.3 Å². The van der Waals surface area contributed by atoms with Gasteiger partial charge in [0.25, 0.3) is 11.8 Å². The number of para-hydroxylation sites is 1. The second-order valence-electron chi connectivity index (χ2n) is 30.6. The van der Waals surface area contributed by atoms with E-state index in [1.807, 2.05) is 13.8 Å². The Morgan fingerprint density at radius 2 is 1.21 bits per heavy atom. The lowest BCUT2D eigenvalue weighted by molar-refractivity contribution is -0.145. The number of H-pyrrole nitrogens is 1. The van der Waals surface area contributed by atoms with Gasteiger partial charge >= 0.3 is 12.0 Å². The molecule has 12 atom stereocenters. The van der Waals surface area contributed by atoms with Crippen LogP contribution in [-0.2, 0) is 80.1 Å². The van der Waals surface area contributed by atoms with Crippen LogP contribution in [0.2, 0.25) is 0 Å². The van der Waals surface area contributed by atoms with Crippen LogP contribution in [0.4, 0.5) is 20.6 Å². The van der Waals surface area contributed by atoms with Gasteiger partial charge in [0.2, 0.25) is 65.0 Å². The molecule has 4 aromatic rings. The molecule has 2 aliphatic heterocycles. The number of aliphatic hydroxyl groups excluding tert-OH is 2. The van der Waals surface area contributed by atoms with Gasteiger partial charge in [0.05, 0.1) is 34.7 Å². The minimum Gasteiger partial charge on any atom is -0.461 e. The van der Waals surface area contributed by atoms with Gasteiger partial charge < -0.3 is 117 Å². The van der Waals surface area contributed by atoms with Crippen molar-refractivity contribution in [3.8, 4) is 0 Å². The van der Waals surface area contributed by atoms with Crippen LogP contribution in [0, 0.1) is 25.6 Å². The average Bonchev–Trinajstić information content (AvgIpc) is 1.60. The Balaban J connectivity index is 1.14. The zero-order valence-corrected chi connectivity index (χ0v) is 71.1. The maximum Gasteiger partial charge on any atom is 0.335 e. The zero-order valence-electron chi connectivity index (χ0n) is 71.1. The Hall–Kier alpha value is -11.7. The molecule has 0 radical (unpaired) electrons. The lowest BCUT2D eigenvalue weighted by Crippen LogP contribution is -2.62. The summed E-state index contributed by atoms with van der Waals surface area (Å²) in [6.07, 6.45) is -4.60. The van der Waals surface area contributed by atoms with E-state index in [0.717, 1.165) is 41.9 Å². The van der Waals surface area contributed by atoms with Crippen LogP contribution in [0.3, 0.4) is 0 Å². The normalized spacial score (nSPS) is 19.9. The molecule has 40 heteroatoms. The fourth-order valence-corrected chi connectivity index (χ4v) is 13.9. The molecule has 0 bridgehead atoms.